The highest BCUT2D eigenvalue weighted by Crippen LogP contribution is 2.30. The van der Waals surface area contributed by atoms with Gasteiger partial charge in [0.1, 0.15) is 11.4 Å². The number of benzene rings is 1. The molecule has 0 saturated carbocycles. The number of aryl methyl sites for hydroxylation is 1. The van der Waals surface area contributed by atoms with Crippen molar-refractivity contribution >= 4 is 17.5 Å². The molecule has 96 valence electrons. The minimum Gasteiger partial charge on any atom is -0.497 e. The highest BCUT2D eigenvalue weighted by atomic mass is 32.1. The van der Waals surface area contributed by atoms with Crippen molar-refractivity contribution in [1.82, 2.24) is 8.75 Å². The molecule has 0 amide bonds. The highest BCUT2D eigenvalue weighted by molar-refractivity contribution is 6.99. The van der Waals surface area contributed by atoms with Crippen molar-refractivity contribution in [3.05, 3.63) is 23.8 Å². The van der Waals surface area contributed by atoms with Gasteiger partial charge in [0.05, 0.1) is 18.8 Å². The maximum Gasteiger partial charge on any atom is 0.168 e. The van der Waals surface area contributed by atoms with Crippen LogP contribution in [-0.2, 0) is 0 Å². The third kappa shape index (κ3) is 2.61. The molecule has 1 aromatic heterocycles. The lowest BCUT2D eigenvalue weighted by Crippen LogP contribution is -2.01. The van der Waals surface area contributed by atoms with Gasteiger partial charge in [0.15, 0.2) is 5.82 Å². The second-order valence-corrected chi connectivity index (χ2v) is 4.60. The number of hydrogen-bond acceptors (Lipinski definition) is 5. The minimum atomic E-state index is 0.863. The van der Waals surface area contributed by atoms with Crippen LogP contribution < -0.4 is 10.1 Å². The fraction of sp³-hybridized carbons (Fsp3) is 0.385. The van der Waals surface area contributed by atoms with Gasteiger partial charge in [-0.05, 0) is 37.1 Å². The zero-order chi connectivity index (χ0) is 13.0. The summed E-state index contributed by atoms with van der Waals surface area (Å²) in [7, 11) is 1.67. The van der Waals surface area contributed by atoms with E-state index < -0.39 is 0 Å². The number of nitrogens with one attached hydrogen (secondary N) is 1. The van der Waals surface area contributed by atoms with Gasteiger partial charge in [0, 0.05) is 12.1 Å². The average molecular weight is 263 g/mol. The molecule has 2 rings (SSSR count). The van der Waals surface area contributed by atoms with Crippen molar-refractivity contribution in [3.8, 4) is 17.0 Å². The molecule has 0 saturated heterocycles. The largest absolute Gasteiger partial charge is 0.497 e. The van der Waals surface area contributed by atoms with Gasteiger partial charge < -0.3 is 10.1 Å². The number of aromatic nitrogens is 2. The van der Waals surface area contributed by atoms with E-state index in [1.165, 1.54) is 11.7 Å². The minimum absolute atomic E-state index is 0.863. The Hall–Kier alpha value is -1.62. The maximum absolute atomic E-state index is 5.21. The van der Waals surface area contributed by atoms with Crippen LogP contribution in [0, 0.1) is 6.92 Å². The van der Waals surface area contributed by atoms with Crippen molar-refractivity contribution < 1.29 is 4.74 Å². The second-order valence-electron chi connectivity index (χ2n) is 4.07. The van der Waals surface area contributed by atoms with Gasteiger partial charge >= 0.3 is 0 Å². The van der Waals surface area contributed by atoms with E-state index in [1.807, 2.05) is 18.2 Å². The molecule has 0 unspecified atom stereocenters. The number of rotatable bonds is 5. The SMILES string of the molecule is CCCNc1nsnc1-c1ccc(OC)cc1C. The van der Waals surface area contributed by atoms with E-state index in [0.29, 0.717) is 0 Å². The lowest BCUT2D eigenvalue weighted by molar-refractivity contribution is 0.414. The van der Waals surface area contributed by atoms with Crippen molar-refractivity contribution in [1.29, 1.82) is 0 Å². The molecule has 18 heavy (non-hydrogen) atoms. The molecule has 2 aromatic rings. The summed E-state index contributed by atoms with van der Waals surface area (Å²) in [5.74, 6) is 1.73. The Morgan fingerprint density at radius 3 is 2.83 bits per heavy atom. The molecule has 0 atom stereocenters. The number of anilines is 1. The van der Waals surface area contributed by atoms with Gasteiger partial charge in [-0.1, -0.05) is 6.92 Å². The lowest BCUT2D eigenvalue weighted by Gasteiger charge is -2.08. The van der Waals surface area contributed by atoms with Crippen LogP contribution in [0.2, 0.25) is 0 Å². The third-order valence-electron chi connectivity index (χ3n) is 2.72. The summed E-state index contributed by atoms with van der Waals surface area (Å²) in [6, 6.07) is 5.99. The Kier molecular flexibility index (Phi) is 4.15. The molecule has 0 bridgehead atoms. The smallest absolute Gasteiger partial charge is 0.168 e. The van der Waals surface area contributed by atoms with Gasteiger partial charge in [-0.2, -0.15) is 8.75 Å². The fourth-order valence-corrected chi connectivity index (χ4v) is 2.29. The van der Waals surface area contributed by atoms with E-state index in [4.69, 9.17) is 4.74 Å². The summed E-state index contributed by atoms with van der Waals surface area (Å²) in [6.07, 6.45) is 1.07. The van der Waals surface area contributed by atoms with Crippen LogP contribution in [0.4, 0.5) is 5.82 Å². The quantitative estimate of drug-likeness (QED) is 0.898. The Morgan fingerprint density at radius 1 is 1.33 bits per heavy atom. The topological polar surface area (TPSA) is 47.0 Å². The van der Waals surface area contributed by atoms with Crippen molar-refractivity contribution in [3.63, 3.8) is 0 Å². The molecule has 4 nitrogen and oxygen atoms in total. The van der Waals surface area contributed by atoms with Crippen LogP contribution in [0.5, 0.6) is 5.75 Å². The van der Waals surface area contributed by atoms with Gasteiger partial charge in [-0.3, -0.25) is 0 Å². The van der Waals surface area contributed by atoms with Gasteiger partial charge in [-0.25, -0.2) is 0 Å². The predicted molar refractivity (Wildman–Crippen MR) is 75.4 cm³/mol. The van der Waals surface area contributed by atoms with E-state index in [1.54, 1.807) is 7.11 Å². The molecule has 0 aliphatic carbocycles. The number of methoxy groups -OCH3 is 1. The van der Waals surface area contributed by atoms with Crippen LogP contribution in [0.15, 0.2) is 18.2 Å². The maximum atomic E-state index is 5.21. The Bertz CT molecular complexity index is 525. The molecular formula is C13H17N3OS. The Morgan fingerprint density at radius 2 is 2.17 bits per heavy atom. The summed E-state index contributed by atoms with van der Waals surface area (Å²) in [6.45, 7) is 5.10. The first kappa shape index (κ1) is 12.8. The van der Waals surface area contributed by atoms with E-state index in [9.17, 15) is 0 Å². The Balaban J connectivity index is 2.33. The molecule has 5 heteroatoms. The van der Waals surface area contributed by atoms with Crippen molar-refractivity contribution in [2.75, 3.05) is 19.0 Å². The summed E-state index contributed by atoms with van der Waals surface area (Å²) in [5, 5.41) is 3.30. The average Bonchev–Trinajstić information content (AvgIpc) is 2.84. The van der Waals surface area contributed by atoms with Crippen molar-refractivity contribution in [2.24, 2.45) is 0 Å². The zero-order valence-electron chi connectivity index (χ0n) is 10.9. The van der Waals surface area contributed by atoms with Gasteiger partial charge in [-0.15, -0.1) is 0 Å². The predicted octanol–water partition coefficient (Wildman–Crippen LogP) is 3.34. The van der Waals surface area contributed by atoms with Gasteiger partial charge in [0.25, 0.3) is 0 Å². The Labute approximate surface area is 111 Å². The van der Waals surface area contributed by atoms with E-state index >= 15 is 0 Å². The molecular weight excluding hydrogens is 246 g/mol. The highest BCUT2D eigenvalue weighted by Gasteiger charge is 2.12. The van der Waals surface area contributed by atoms with Crippen LogP contribution in [0.25, 0.3) is 11.3 Å². The van der Waals surface area contributed by atoms with Crippen LogP contribution in [0.3, 0.4) is 0 Å². The third-order valence-corrected chi connectivity index (χ3v) is 3.25. The van der Waals surface area contributed by atoms with Crippen LogP contribution in [-0.4, -0.2) is 22.4 Å². The molecule has 1 heterocycles. The molecule has 1 aromatic carbocycles. The zero-order valence-corrected chi connectivity index (χ0v) is 11.7. The van der Waals surface area contributed by atoms with E-state index in [0.717, 1.165) is 41.4 Å². The summed E-state index contributed by atoms with van der Waals surface area (Å²) < 4.78 is 13.9. The first-order chi connectivity index (χ1) is 8.76. The molecule has 0 aliphatic rings. The number of hydrogen-bond donors (Lipinski definition) is 1. The monoisotopic (exact) mass is 263 g/mol. The standard InChI is InChI=1S/C13H17N3OS/c1-4-7-14-13-12(15-18-16-13)11-6-5-10(17-3)8-9(11)2/h5-6,8H,4,7H2,1-3H3,(H,14,16). The normalized spacial score (nSPS) is 10.4. The fourth-order valence-electron chi connectivity index (χ4n) is 1.75. The molecule has 0 spiro atoms. The van der Waals surface area contributed by atoms with E-state index in [-0.39, 0.29) is 0 Å². The second kappa shape index (κ2) is 5.82. The van der Waals surface area contributed by atoms with Gasteiger partial charge in [0.2, 0.25) is 0 Å². The molecule has 0 aliphatic heterocycles. The molecule has 0 radical (unpaired) electrons. The number of nitrogens with zero attached hydrogens (tertiary/aromatic N) is 2. The summed E-state index contributed by atoms with van der Waals surface area (Å²) in [4.78, 5) is 0. The lowest BCUT2D eigenvalue weighted by atomic mass is 10.1. The molecule has 0 fully saturated rings. The van der Waals surface area contributed by atoms with E-state index in [2.05, 4.69) is 27.9 Å². The first-order valence-electron chi connectivity index (χ1n) is 5.97. The van der Waals surface area contributed by atoms with Crippen molar-refractivity contribution in [2.45, 2.75) is 20.3 Å². The summed E-state index contributed by atoms with van der Waals surface area (Å²) in [5.41, 5.74) is 3.17. The van der Waals surface area contributed by atoms with Crippen LogP contribution >= 0.6 is 11.7 Å². The first-order valence-corrected chi connectivity index (χ1v) is 6.70. The van der Waals surface area contributed by atoms with Crippen LogP contribution in [0.1, 0.15) is 18.9 Å². The summed E-state index contributed by atoms with van der Waals surface area (Å²) >= 11 is 1.24. The molecule has 1 N–H and O–H groups in total. The number of ether oxygens (including phenoxy) is 1.